The van der Waals surface area contributed by atoms with Crippen LogP contribution in [0, 0.1) is 0 Å². The highest BCUT2D eigenvalue weighted by Gasteiger charge is 2.15. The van der Waals surface area contributed by atoms with E-state index in [1.54, 1.807) is 0 Å². The molecule has 0 amide bonds. The number of thiol groups is 2. The van der Waals surface area contributed by atoms with Crippen LogP contribution in [0.4, 0.5) is 0 Å². The molecule has 0 radical (unpaired) electrons. The first-order chi connectivity index (χ1) is 8.66. The molecule has 0 rings (SSSR count). The van der Waals surface area contributed by atoms with Crippen molar-refractivity contribution in [3.63, 3.8) is 0 Å². The lowest BCUT2D eigenvalue weighted by Gasteiger charge is -2.21. The second-order valence-electron chi connectivity index (χ2n) is 5.80. The number of hydrogen-bond donors (Lipinski definition) is 3. The number of nitrogens with one attached hydrogen (secondary N) is 1. The Balaban J connectivity index is 4.05. The summed E-state index contributed by atoms with van der Waals surface area (Å²) < 4.78 is 0.0999. The number of allylic oxidation sites excluding steroid dienone is 4. The molecule has 1 unspecified atom stereocenters. The molecule has 0 fully saturated rings. The second kappa shape index (κ2) is 8.80. The molecule has 0 saturated carbocycles. The minimum atomic E-state index is -0.241. The van der Waals surface area contributed by atoms with Gasteiger partial charge in [-0.3, -0.25) is 0 Å². The van der Waals surface area contributed by atoms with Gasteiger partial charge in [-0.25, -0.2) is 0 Å². The van der Waals surface area contributed by atoms with Gasteiger partial charge in [0.05, 0.1) is 4.87 Å². The van der Waals surface area contributed by atoms with E-state index in [1.165, 1.54) is 12.8 Å². The fraction of sp³-hybridized carbons (Fsp3) is 0.625. The molecule has 0 aliphatic carbocycles. The summed E-state index contributed by atoms with van der Waals surface area (Å²) in [6, 6.07) is 0. The Morgan fingerprint density at radius 1 is 1.21 bits per heavy atom. The smallest absolute Gasteiger partial charge is 0.0747 e. The number of hydrogen-bond acceptors (Lipinski definition) is 3. The first kappa shape index (κ1) is 18.7. The molecule has 19 heavy (non-hydrogen) atoms. The zero-order chi connectivity index (χ0) is 14.9. The van der Waals surface area contributed by atoms with Crippen LogP contribution in [-0.2, 0) is 0 Å². The average molecular weight is 300 g/mol. The fourth-order valence-corrected chi connectivity index (χ4v) is 2.07. The third-order valence-electron chi connectivity index (χ3n) is 2.64. The fourth-order valence-electron chi connectivity index (χ4n) is 1.67. The highest BCUT2D eigenvalue weighted by Crippen LogP contribution is 2.25. The monoisotopic (exact) mass is 299 g/mol. The Morgan fingerprint density at radius 3 is 2.37 bits per heavy atom. The maximum atomic E-state index is 4.70. The summed E-state index contributed by atoms with van der Waals surface area (Å²) >= 11 is 9.10. The minimum Gasteiger partial charge on any atom is -0.372 e. The highest BCUT2D eigenvalue weighted by molar-refractivity contribution is 7.81. The molecule has 0 aliphatic heterocycles. The lowest BCUT2D eigenvalue weighted by atomic mass is 9.99. The van der Waals surface area contributed by atoms with Crippen LogP contribution in [0.1, 0.15) is 53.4 Å². The normalized spacial score (nSPS) is 15.9. The molecule has 0 bridgehead atoms. The van der Waals surface area contributed by atoms with Crippen LogP contribution < -0.4 is 5.32 Å². The quantitative estimate of drug-likeness (QED) is 0.304. The van der Waals surface area contributed by atoms with E-state index in [-0.39, 0.29) is 9.62 Å². The SMILES string of the molecule is C=C(/C=C\C=C/CC(C)(S)CCCC)NC(C)(C)S. The molecule has 0 saturated heterocycles. The molecule has 0 aromatic carbocycles. The molecule has 1 atom stereocenters. The zero-order valence-electron chi connectivity index (χ0n) is 12.7. The van der Waals surface area contributed by atoms with Gasteiger partial charge in [-0.2, -0.15) is 25.3 Å². The van der Waals surface area contributed by atoms with E-state index in [2.05, 4.69) is 50.5 Å². The van der Waals surface area contributed by atoms with Gasteiger partial charge in [0.15, 0.2) is 0 Å². The van der Waals surface area contributed by atoms with Gasteiger partial charge in [-0.15, -0.1) is 0 Å². The van der Waals surface area contributed by atoms with Gasteiger partial charge in [0, 0.05) is 10.4 Å². The van der Waals surface area contributed by atoms with Gasteiger partial charge < -0.3 is 5.32 Å². The summed E-state index contributed by atoms with van der Waals surface area (Å²) in [6.45, 7) is 12.3. The van der Waals surface area contributed by atoms with Crippen molar-refractivity contribution in [2.45, 2.75) is 63.0 Å². The third kappa shape index (κ3) is 12.5. The standard InChI is InChI=1S/C16H29NS2/c1-6-7-12-16(5,19)13-10-8-9-11-14(2)17-15(3,4)18/h8-11,17-19H,2,6-7,12-13H2,1,3-5H3/b10-8-,11-9-. The van der Waals surface area contributed by atoms with Crippen molar-refractivity contribution >= 4 is 25.3 Å². The van der Waals surface area contributed by atoms with Crippen molar-refractivity contribution in [2.75, 3.05) is 0 Å². The Hall–Kier alpha value is -0.280. The molecule has 0 spiro atoms. The van der Waals surface area contributed by atoms with Gasteiger partial charge in [0.25, 0.3) is 0 Å². The second-order valence-corrected chi connectivity index (χ2v) is 8.00. The third-order valence-corrected chi connectivity index (χ3v) is 3.16. The van der Waals surface area contributed by atoms with Gasteiger partial charge in [-0.05, 0) is 32.8 Å². The van der Waals surface area contributed by atoms with Crippen molar-refractivity contribution in [1.82, 2.24) is 5.32 Å². The summed E-state index contributed by atoms with van der Waals surface area (Å²) in [6.07, 6.45) is 12.8. The maximum absolute atomic E-state index is 4.70. The minimum absolute atomic E-state index is 0.0999. The van der Waals surface area contributed by atoms with Crippen LogP contribution in [0.2, 0.25) is 0 Å². The van der Waals surface area contributed by atoms with Crippen molar-refractivity contribution < 1.29 is 0 Å². The first-order valence-corrected chi connectivity index (χ1v) is 7.81. The van der Waals surface area contributed by atoms with Gasteiger partial charge in [-0.1, -0.05) is 51.5 Å². The van der Waals surface area contributed by atoms with E-state index in [0.717, 1.165) is 18.5 Å². The molecular formula is C16H29NS2. The summed E-state index contributed by atoms with van der Waals surface area (Å²) in [5.74, 6) is 0. The van der Waals surface area contributed by atoms with E-state index >= 15 is 0 Å². The summed E-state index contributed by atoms with van der Waals surface area (Å²) in [5, 5.41) is 3.19. The molecule has 0 aliphatic rings. The van der Waals surface area contributed by atoms with Gasteiger partial charge in [0.2, 0.25) is 0 Å². The molecule has 3 heteroatoms. The zero-order valence-corrected chi connectivity index (χ0v) is 14.5. The van der Waals surface area contributed by atoms with Crippen LogP contribution in [0.5, 0.6) is 0 Å². The molecule has 1 nitrogen and oxygen atoms in total. The van der Waals surface area contributed by atoms with Crippen molar-refractivity contribution in [3.8, 4) is 0 Å². The topological polar surface area (TPSA) is 12.0 Å². The Kier molecular flexibility index (Phi) is 8.67. The van der Waals surface area contributed by atoms with E-state index < -0.39 is 0 Å². The molecular weight excluding hydrogens is 270 g/mol. The predicted octanol–water partition coefficient (Wildman–Crippen LogP) is 5.14. The van der Waals surface area contributed by atoms with Crippen LogP contribution in [0.15, 0.2) is 36.6 Å². The lowest BCUT2D eigenvalue weighted by Crippen LogP contribution is -2.31. The van der Waals surface area contributed by atoms with Gasteiger partial charge in [0.1, 0.15) is 0 Å². The average Bonchev–Trinajstić information content (AvgIpc) is 2.23. The summed E-state index contributed by atoms with van der Waals surface area (Å²) in [4.78, 5) is -0.241. The predicted molar refractivity (Wildman–Crippen MR) is 95.2 cm³/mol. The number of rotatable bonds is 9. The summed E-state index contributed by atoms with van der Waals surface area (Å²) in [7, 11) is 0. The van der Waals surface area contributed by atoms with Crippen LogP contribution in [0.25, 0.3) is 0 Å². The van der Waals surface area contributed by atoms with E-state index in [4.69, 9.17) is 12.6 Å². The van der Waals surface area contributed by atoms with E-state index in [0.29, 0.717) is 0 Å². The Morgan fingerprint density at radius 2 is 1.84 bits per heavy atom. The Labute approximate surface area is 130 Å². The van der Waals surface area contributed by atoms with Crippen molar-refractivity contribution in [1.29, 1.82) is 0 Å². The van der Waals surface area contributed by atoms with Crippen molar-refractivity contribution in [3.05, 3.63) is 36.6 Å². The maximum Gasteiger partial charge on any atom is 0.0747 e. The van der Waals surface area contributed by atoms with E-state index in [1.807, 2.05) is 26.0 Å². The van der Waals surface area contributed by atoms with Crippen LogP contribution >= 0.6 is 25.3 Å². The molecule has 0 aromatic heterocycles. The van der Waals surface area contributed by atoms with Crippen LogP contribution in [0.3, 0.4) is 0 Å². The lowest BCUT2D eigenvalue weighted by molar-refractivity contribution is 0.562. The first-order valence-electron chi connectivity index (χ1n) is 6.91. The number of unbranched alkanes of at least 4 members (excludes halogenated alkanes) is 1. The molecule has 110 valence electrons. The molecule has 0 aromatic rings. The highest BCUT2D eigenvalue weighted by atomic mass is 32.1. The van der Waals surface area contributed by atoms with E-state index in [9.17, 15) is 0 Å². The summed E-state index contributed by atoms with van der Waals surface area (Å²) in [5.41, 5.74) is 0.865. The van der Waals surface area contributed by atoms with Gasteiger partial charge >= 0.3 is 0 Å². The molecule has 1 N–H and O–H groups in total. The Bertz CT molecular complexity index is 322. The van der Waals surface area contributed by atoms with Crippen molar-refractivity contribution in [2.24, 2.45) is 0 Å². The molecule has 0 heterocycles. The van der Waals surface area contributed by atoms with Crippen LogP contribution in [-0.4, -0.2) is 9.62 Å². The largest absolute Gasteiger partial charge is 0.372 e.